The summed E-state index contributed by atoms with van der Waals surface area (Å²) in [6.45, 7) is 7.93. The molecule has 1 fully saturated rings. The largest absolute Gasteiger partial charge is 0.368 e. The lowest BCUT2D eigenvalue weighted by Crippen LogP contribution is -2.47. The lowest BCUT2D eigenvalue weighted by Gasteiger charge is -2.37. The molecule has 0 unspecified atom stereocenters. The molecule has 1 aromatic heterocycles. The van der Waals surface area contributed by atoms with E-state index in [2.05, 4.69) is 38.8 Å². The van der Waals surface area contributed by atoms with E-state index in [1.807, 2.05) is 25.3 Å². The van der Waals surface area contributed by atoms with Gasteiger partial charge in [0.25, 0.3) is 0 Å². The van der Waals surface area contributed by atoms with E-state index >= 15 is 0 Å². The Morgan fingerprint density at radius 2 is 1.71 bits per heavy atom. The molecule has 0 aliphatic carbocycles. The van der Waals surface area contributed by atoms with Gasteiger partial charge in [0.2, 0.25) is 0 Å². The molecule has 0 saturated carbocycles. The number of halogens is 1. The predicted molar refractivity (Wildman–Crippen MR) is 87.4 cm³/mol. The smallest absolute Gasteiger partial charge is 0.132 e. The van der Waals surface area contributed by atoms with Gasteiger partial charge in [0.05, 0.1) is 0 Å². The number of hydrogen-bond donors (Lipinski definition) is 0. The summed E-state index contributed by atoms with van der Waals surface area (Å²) < 4.78 is 0. The molecule has 0 amide bonds. The van der Waals surface area contributed by atoms with Gasteiger partial charge in [-0.2, -0.15) is 0 Å². The van der Waals surface area contributed by atoms with E-state index in [0.717, 1.165) is 42.8 Å². The van der Waals surface area contributed by atoms with Gasteiger partial charge in [-0.05, 0) is 37.6 Å². The maximum Gasteiger partial charge on any atom is 0.132 e. The van der Waals surface area contributed by atoms with Crippen LogP contribution in [-0.4, -0.2) is 36.1 Å². The van der Waals surface area contributed by atoms with E-state index < -0.39 is 0 Å². The van der Waals surface area contributed by atoms with E-state index in [1.54, 1.807) is 0 Å². The minimum atomic E-state index is 0.796. The normalized spacial score (nSPS) is 15.4. The molecule has 0 bridgehead atoms. The predicted octanol–water partition coefficient (Wildman–Crippen LogP) is 3.07. The number of hydrogen-bond acceptors (Lipinski definition) is 4. The zero-order chi connectivity index (χ0) is 14.8. The Balaban J connectivity index is 1.72. The highest BCUT2D eigenvalue weighted by Gasteiger charge is 2.19. The molecule has 1 aromatic carbocycles. The van der Waals surface area contributed by atoms with Crippen molar-refractivity contribution in [2.24, 2.45) is 0 Å². The SMILES string of the molecule is Cc1nccc(N2CCN(c3cc(Cl)ccc3C)CC2)n1. The van der Waals surface area contributed by atoms with Crippen LogP contribution >= 0.6 is 11.6 Å². The van der Waals surface area contributed by atoms with Crippen LogP contribution in [0.1, 0.15) is 11.4 Å². The first kappa shape index (κ1) is 14.1. The molecule has 0 N–H and O–H groups in total. The summed E-state index contributed by atoms with van der Waals surface area (Å²) in [6, 6.07) is 8.06. The average Bonchev–Trinajstić information content (AvgIpc) is 2.50. The highest BCUT2D eigenvalue weighted by molar-refractivity contribution is 6.30. The second-order valence-electron chi connectivity index (χ2n) is 5.37. The van der Waals surface area contributed by atoms with Crippen molar-refractivity contribution in [3.8, 4) is 0 Å². The Kier molecular flexibility index (Phi) is 3.97. The number of rotatable bonds is 2. The quantitative estimate of drug-likeness (QED) is 0.853. The van der Waals surface area contributed by atoms with Crippen molar-refractivity contribution in [3.63, 3.8) is 0 Å². The van der Waals surface area contributed by atoms with Crippen LogP contribution in [0.4, 0.5) is 11.5 Å². The van der Waals surface area contributed by atoms with Crippen molar-refractivity contribution < 1.29 is 0 Å². The molecular formula is C16H19ClN4. The third-order valence-corrected chi connectivity index (χ3v) is 4.11. The number of benzene rings is 1. The van der Waals surface area contributed by atoms with E-state index in [1.165, 1.54) is 11.3 Å². The van der Waals surface area contributed by atoms with Crippen LogP contribution in [0.2, 0.25) is 5.02 Å². The minimum absolute atomic E-state index is 0.796. The fourth-order valence-corrected chi connectivity index (χ4v) is 2.89. The zero-order valence-corrected chi connectivity index (χ0v) is 13.1. The standard InChI is InChI=1S/C16H19ClN4/c1-12-3-4-14(17)11-15(12)20-7-9-21(10-8-20)16-5-6-18-13(2)19-16/h3-6,11H,7-10H2,1-2H3. The summed E-state index contributed by atoms with van der Waals surface area (Å²) in [5.74, 6) is 1.84. The fraction of sp³-hybridized carbons (Fsp3) is 0.375. The summed E-state index contributed by atoms with van der Waals surface area (Å²) in [7, 11) is 0. The van der Waals surface area contributed by atoms with Crippen molar-refractivity contribution in [3.05, 3.63) is 46.9 Å². The average molecular weight is 303 g/mol. The van der Waals surface area contributed by atoms with Crippen LogP contribution < -0.4 is 9.80 Å². The molecule has 1 saturated heterocycles. The van der Waals surface area contributed by atoms with E-state index in [9.17, 15) is 0 Å². The molecule has 2 heterocycles. The number of anilines is 2. The van der Waals surface area contributed by atoms with Crippen LogP contribution in [0.5, 0.6) is 0 Å². The van der Waals surface area contributed by atoms with E-state index in [0.29, 0.717) is 0 Å². The maximum absolute atomic E-state index is 6.12. The van der Waals surface area contributed by atoms with Crippen LogP contribution in [0, 0.1) is 13.8 Å². The summed E-state index contributed by atoms with van der Waals surface area (Å²) in [4.78, 5) is 13.4. The molecule has 1 aliphatic rings. The Morgan fingerprint density at radius 3 is 2.43 bits per heavy atom. The molecular weight excluding hydrogens is 284 g/mol. The lowest BCUT2D eigenvalue weighted by molar-refractivity contribution is 0.644. The van der Waals surface area contributed by atoms with E-state index in [4.69, 9.17) is 11.6 Å². The number of aryl methyl sites for hydroxylation is 2. The monoisotopic (exact) mass is 302 g/mol. The Labute approximate surface area is 130 Å². The van der Waals surface area contributed by atoms with Gasteiger partial charge in [-0.15, -0.1) is 0 Å². The topological polar surface area (TPSA) is 32.3 Å². The third-order valence-electron chi connectivity index (χ3n) is 3.88. The van der Waals surface area contributed by atoms with Gasteiger partial charge in [-0.25, -0.2) is 9.97 Å². The highest BCUT2D eigenvalue weighted by Crippen LogP contribution is 2.26. The van der Waals surface area contributed by atoms with Gasteiger partial charge in [0.15, 0.2) is 0 Å². The second kappa shape index (κ2) is 5.90. The molecule has 21 heavy (non-hydrogen) atoms. The van der Waals surface area contributed by atoms with Crippen LogP contribution in [0.25, 0.3) is 0 Å². The number of aromatic nitrogens is 2. The summed E-state index contributed by atoms with van der Waals surface area (Å²) in [5.41, 5.74) is 2.51. The first-order valence-corrected chi connectivity index (χ1v) is 7.57. The summed E-state index contributed by atoms with van der Waals surface area (Å²) in [6.07, 6.45) is 1.82. The zero-order valence-electron chi connectivity index (χ0n) is 12.4. The van der Waals surface area contributed by atoms with Crippen molar-refractivity contribution in [2.75, 3.05) is 36.0 Å². The third kappa shape index (κ3) is 3.10. The number of piperazine rings is 1. The molecule has 1 aliphatic heterocycles. The fourth-order valence-electron chi connectivity index (χ4n) is 2.72. The first-order chi connectivity index (χ1) is 10.1. The highest BCUT2D eigenvalue weighted by atomic mass is 35.5. The van der Waals surface area contributed by atoms with Gasteiger partial charge >= 0.3 is 0 Å². The van der Waals surface area contributed by atoms with Crippen molar-refractivity contribution in [1.29, 1.82) is 0 Å². The van der Waals surface area contributed by atoms with E-state index in [-0.39, 0.29) is 0 Å². The van der Waals surface area contributed by atoms with Crippen molar-refractivity contribution in [2.45, 2.75) is 13.8 Å². The Morgan fingerprint density at radius 1 is 1.00 bits per heavy atom. The molecule has 2 aromatic rings. The molecule has 110 valence electrons. The summed E-state index contributed by atoms with van der Waals surface area (Å²) >= 11 is 6.12. The van der Waals surface area contributed by atoms with Crippen molar-refractivity contribution >= 4 is 23.1 Å². The van der Waals surface area contributed by atoms with Gasteiger partial charge in [-0.1, -0.05) is 17.7 Å². The van der Waals surface area contributed by atoms with Gasteiger partial charge in [0, 0.05) is 43.1 Å². The minimum Gasteiger partial charge on any atom is -0.368 e. The van der Waals surface area contributed by atoms with Crippen LogP contribution in [0.3, 0.4) is 0 Å². The van der Waals surface area contributed by atoms with Gasteiger partial charge < -0.3 is 9.80 Å². The van der Waals surface area contributed by atoms with Crippen LogP contribution in [0.15, 0.2) is 30.5 Å². The van der Waals surface area contributed by atoms with Gasteiger partial charge in [-0.3, -0.25) is 0 Å². The molecule has 3 rings (SSSR count). The lowest BCUT2D eigenvalue weighted by atomic mass is 10.1. The molecule has 5 heteroatoms. The second-order valence-corrected chi connectivity index (χ2v) is 5.80. The Hall–Kier alpha value is -1.81. The molecule has 0 spiro atoms. The molecule has 0 radical (unpaired) electrons. The van der Waals surface area contributed by atoms with Crippen molar-refractivity contribution in [1.82, 2.24) is 9.97 Å². The summed E-state index contributed by atoms with van der Waals surface area (Å²) in [5, 5.41) is 0.796. The van der Waals surface area contributed by atoms with Gasteiger partial charge in [0.1, 0.15) is 11.6 Å². The number of nitrogens with zero attached hydrogens (tertiary/aromatic N) is 4. The Bertz CT molecular complexity index is 636. The first-order valence-electron chi connectivity index (χ1n) is 7.19. The molecule has 4 nitrogen and oxygen atoms in total. The molecule has 0 atom stereocenters. The van der Waals surface area contributed by atoms with Crippen LogP contribution in [-0.2, 0) is 0 Å². The maximum atomic E-state index is 6.12.